The minimum atomic E-state index is -5.26. The minimum absolute atomic E-state index is 0.570. The van der Waals surface area contributed by atoms with Crippen LogP contribution in [-0.4, -0.2) is 24.4 Å². The van der Waals surface area contributed by atoms with Gasteiger partial charge in [0, 0.05) is 6.07 Å². The summed E-state index contributed by atoms with van der Waals surface area (Å²) in [5.41, 5.74) is -2.59. The highest BCUT2D eigenvalue weighted by Crippen LogP contribution is 2.37. The van der Waals surface area contributed by atoms with Crippen molar-refractivity contribution >= 4 is 11.7 Å². The van der Waals surface area contributed by atoms with Crippen LogP contribution in [0.15, 0.2) is 12.1 Å². The van der Waals surface area contributed by atoms with Crippen LogP contribution in [0, 0.1) is 21.4 Å². The second-order valence-electron chi connectivity index (χ2n) is 3.24. The molecule has 0 aromatic heterocycles. The molecule has 0 aliphatic rings. The van der Waals surface area contributed by atoms with Crippen molar-refractivity contribution in [2.45, 2.75) is 6.36 Å². The van der Waals surface area contributed by atoms with E-state index in [1.165, 1.54) is 6.07 Å². The normalized spacial score (nSPS) is 10.6. The molecule has 0 amide bonds. The molecule has 0 heterocycles. The first-order valence-electron chi connectivity index (χ1n) is 4.76. The number of ether oxygens (including phenoxy) is 2. The minimum Gasteiger partial charge on any atom is -0.465 e. The number of nitro benzene ring substituents is 1. The van der Waals surface area contributed by atoms with Crippen LogP contribution in [0.2, 0.25) is 0 Å². The van der Waals surface area contributed by atoms with Crippen LogP contribution in [0.3, 0.4) is 0 Å². The molecule has 20 heavy (non-hydrogen) atoms. The highest BCUT2D eigenvalue weighted by atomic mass is 19.4. The molecule has 0 saturated carbocycles. The number of esters is 1. The molecule has 0 saturated heterocycles. The van der Waals surface area contributed by atoms with Crippen LogP contribution in [0.5, 0.6) is 5.75 Å². The van der Waals surface area contributed by atoms with Crippen LogP contribution >= 0.6 is 0 Å². The van der Waals surface area contributed by atoms with Crippen molar-refractivity contribution < 1.29 is 32.4 Å². The van der Waals surface area contributed by atoms with Gasteiger partial charge in [-0.1, -0.05) is 0 Å². The highest BCUT2D eigenvalue weighted by Gasteiger charge is 2.37. The third-order valence-corrected chi connectivity index (χ3v) is 2.07. The van der Waals surface area contributed by atoms with E-state index in [1.807, 2.05) is 0 Å². The van der Waals surface area contributed by atoms with Crippen molar-refractivity contribution in [3.05, 3.63) is 33.4 Å². The number of nitriles is 1. The molecular weight excluding hydrogens is 285 g/mol. The smallest absolute Gasteiger partial charge is 0.465 e. The molecule has 1 rings (SSSR count). The zero-order chi connectivity index (χ0) is 15.5. The summed E-state index contributed by atoms with van der Waals surface area (Å²) in [5, 5.41) is 19.5. The van der Waals surface area contributed by atoms with Crippen LogP contribution < -0.4 is 4.74 Å². The molecule has 1 aromatic rings. The quantitative estimate of drug-likeness (QED) is 0.480. The number of nitro groups is 1. The molecule has 0 aliphatic heterocycles. The molecule has 0 radical (unpaired) electrons. The number of rotatable bonds is 3. The van der Waals surface area contributed by atoms with Crippen molar-refractivity contribution in [3.63, 3.8) is 0 Å². The van der Waals surface area contributed by atoms with E-state index in [1.54, 1.807) is 0 Å². The lowest BCUT2D eigenvalue weighted by Crippen LogP contribution is -2.20. The predicted molar refractivity (Wildman–Crippen MR) is 55.8 cm³/mol. The summed E-state index contributed by atoms with van der Waals surface area (Å²) < 4.78 is 44.5. The summed E-state index contributed by atoms with van der Waals surface area (Å²) in [6, 6.07) is 2.70. The van der Waals surface area contributed by atoms with E-state index in [9.17, 15) is 28.1 Å². The number of methoxy groups -OCH3 is 1. The molecule has 0 fully saturated rings. The number of nitrogens with zero attached hydrogens (tertiary/aromatic N) is 2. The second-order valence-corrected chi connectivity index (χ2v) is 3.24. The maximum absolute atomic E-state index is 12.2. The Hall–Kier alpha value is -2.83. The number of hydrogen-bond donors (Lipinski definition) is 0. The molecule has 1 aromatic carbocycles. The van der Waals surface area contributed by atoms with Crippen LogP contribution in [0.4, 0.5) is 18.9 Å². The first-order valence-corrected chi connectivity index (χ1v) is 4.76. The lowest BCUT2D eigenvalue weighted by molar-refractivity contribution is -0.388. The van der Waals surface area contributed by atoms with Gasteiger partial charge < -0.3 is 9.47 Å². The largest absolute Gasteiger partial charge is 0.573 e. The first kappa shape index (κ1) is 15.2. The average molecular weight is 290 g/mol. The fraction of sp³-hybridized carbons (Fsp3) is 0.200. The molecule has 10 heteroatoms. The van der Waals surface area contributed by atoms with Gasteiger partial charge in [0.05, 0.1) is 17.6 Å². The Morgan fingerprint density at radius 3 is 2.45 bits per heavy atom. The monoisotopic (exact) mass is 290 g/mol. The Bertz CT molecular complexity index is 606. The summed E-state index contributed by atoms with van der Waals surface area (Å²) in [6.45, 7) is 0. The lowest BCUT2D eigenvalue weighted by atomic mass is 10.1. The van der Waals surface area contributed by atoms with E-state index in [-0.39, 0.29) is 0 Å². The van der Waals surface area contributed by atoms with Crippen molar-refractivity contribution in [3.8, 4) is 11.8 Å². The number of halogens is 3. The van der Waals surface area contributed by atoms with Gasteiger partial charge in [0.15, 0.2) is 0 Å². The average Bonchev–Trinajstić information content (AvgIpc) is 2.34. The second kappa shape index (κ2) is 5.43. The third kappa shape index (κ3) is 3.14. The van der Waals surface area contributed by atoms with Crippen LogP contribution in [0.25, 0.3) is 0 Å². The molecule has 0 atom stereocenters. The van der Waals surface area contributed by atoms with Gasteiger partial charge in [-0.05, 0) is 6.07 Å². The molecule has 0 aliphatic carbocycles. The maximum Gasteiger partial charge on any atom is 0.573 e. The van der Waals surface area contributed by atoms with E-state index in [4.69, 9.17) is 5.26 Å². The third-order valence-electron chi connectivity index (χ3n) is 2.07. The van der Waals surface area contributed by atoms with Crippen molar-refractivity contribution in [2.24, 2.45) is 0 Å². The summed E-state index contributed by atoms with van der Waals surface area (Å²) in [6.07, 6.45) is -5.26. The predicted octanol–water partition coefficient (Wildman–Crippen LogP) is 2.15. The number of benzene rings is 1. The number of alkyl halides is 3. The number of hydrogen-bond acceptors (Lipinski definition) is 6. The van der Waals surface area contributed by atoms with Gasteiger partial charge in [-0.2, -0.15) is 5.26 Å². The Morgan fingerprint density at radius 2 is 2.05 bits per heavy atom. The molecule has 0 unspecified atom stereocenters. The van der Waals surface area contributed by atoms with Crippen LogP contribution in [-0.2, 0) is 4.74 Å². The zero-order valence-corrected chi connectivity index (χ0v) is 9.72. The van der Waals surface area contributed by atoms with E-state index < -0.39 is 39.8 Å². The van der Waals surface area contributed by atoms with Gasteiger partial charge >= 0.3 is 18.0 Å². The standard InChI is InChI=1S/C10H5F3N2O5/c1-19-9(16)5-2-3-7(15(17)18)8(6(5)4-14)20-10(11,12)13/h2-3H,1H3. The topological polar surface area (TPSA) is 102 Å². The van der Waals surface area contributed by atoms with E-state index >= 15 is 0 Å². The van der Waals surface area contributed by atoms with E-state index in [0.29, 0.717) is 6.07 Å². The molecule has 0 spiro atoms. The molecule has 7 nitrogen and oxygen atoms in total. The first-order chi connectivity index (χ1) is 9.21. The Labute approximate surface area is 109 Å². The fourth-order valence-corrected chi connectivity index (χ4v) is 1.33. The molecule has 106 valence electrons. The maximum atomic E-state index is 12.2. The van der Waals surface area contributed by atoms with Gasteiger partial charge in [0.2, 0.25) is 5.75 Å². The van der Waals surface area contributed by atoms with E-state index in [0.717, 1.165) is 13.2 Å². The molecule has 0 bridgehead atoms. The van der Waals surface area contributed by atoms with Gasteiger partial charge in [-0.15, -0.1) is 13.2 Å². The van der Waals surface area contributed by atoms with Crippen molar-refractivity contribution in [1.29, 1.82) is 5.26 Å². The fourth-order valence-electron chi connectivity index (χ4n) is 1.33. The number of carbonyl (C=O) groups is 1. The van der Waals surface area contributed by atoms with Gasteiger partial charge in [0.25, 0.3) is 0 Å². The van der Waals surface area contributed by atoms with Gasteiger partial charge in [0.1, 0.15) is 11.6 Å². The SMILES string of the molecule is COC(=O)c1ccc([N+](=O)[O-])c(OC(F)(F)F)c1C#N. The Balaban J connectivity index is 3.60. The molecule has 0 N–H and O–H groups in total. The highest BCUT2D eigenvalue weighted by molar-refractivity contribution is 5.94. The number of carbonyl (C=O) groups excluding carboxylic acids is 1. The lowest BCUT2D eigenvalue weighted by Gasteiger charge is -2.12. The van der Waals surface area contributed by atoms with Crippen molar-refractivity contribution in [2.75, 3.05) is 7.11 Å². The zero-order valence-electron chi connectivity index (χ0n) is 9.72. The summed E-state index contributed by atoms with van der Waals surface area (Å²) >= 11 is 0. The van der Waals surface area contributed by atoms with Crippen molar-refractivity contribution in [1.82, 2.24) is 0 Å². The molecular formula is C10H5F3N2O5. The van der Waals surface area contributed by atoms with Gasteiger partial charge in [-0.25, -0.2) is 4.79 Å². The van der Waals surface area contributed by atoms with Crippen LogP contribution in [0.1, 0.15) is 15.9 Å². The summed E-state index contributed by atoms with van der Waals surface area (Å²) in [5.74, 6) is -2.48. The van der Waals surface area contributed by atoms with E-state index in [2.05, 4.69) is 9.47 Å². The Kier molecular flexibility index (Phi) is 4.14. The van der Waals surface area contributed by atoms with Gasteiger partial charge in [-0.3, -0.25) is 10.1 Å². The Morgan fingerprint density at radius 1 is 1.45 bits per heavy atom. The summed E-state index contributed by atoms with van der Waals surface area (Å²) in [4.78, 5) is 20.8. The summed E-state index contributed by atoms with van der Waals surface area (Å²) in [7, 11) is 0.940.